The zero-order valence-corrected chi connectivity index (χ0v) is 14.1. The summed E-state index contributed by atoms with van der Waals surface area (Å²) in [6.45, 7) is 0.803. The summed E-state index contributed by atoms with van der Waals surface area (Å²) in [5, 5.41) is 0. The van der Waals surface area contributed by atoms with E-state index in [-0.39, 0.29) is 5.76 Å². The summed E-state index contributed by atoms with van der Waals surface area (Å²) in [5.41, 5.74) is 7.02. The van der Waals surface area contributed by atoms with Crippen LogP contribution < -0.4 is 15.2 Å². The molecule has 0 aliphatic heterocycles. The molecule has 136 valence electrons. The highest BCUT2D eigenvalue weighted by Gasteiger charge is 2.22. The fraction of sp³-hybridized carbons (Fsp3) is 0.211. The average Bonchev–Trinajstić information content (AvgIpc) is 3.12. The molecule has 2 N–H and O–H groups in total. The predicted molar refractivity (Wildman–Crippen MR) is 93.4 cm³/mol. The SMILES string of the molecule is COc1ccc(-c2nc(C(F)F)oc2-c2ccc(OCCN)cc2)cc1. The van der Waals surface area contributed by atoms with Crippen molar-refractivity contribution in [1.29, 1.82) is 0 Å². The summed E-state index contributed by atoms with van der Waals surface area (Å²) in [6.07, 6.45) is -2.80. The third-order valence-corrected chi connectivity index (χ3v) is 3.70. The molecule has 1 aromatic heterocycles. The largest absolute Gasteiger partial charge is 0.497 e. The van der Waals surface area contributed by atoms with Gasteiger partial charge in [0.1, 0.15) is 23.8 Å². The van der Waals surface area contributed by atoms with Crippen LogP contribution in [0.3, 0.4) is 0 Å². The molecule has 5 nitrogen and oxygen atoms in total. The average molecular weight is 360 g/mol. The monoisotopic (exact) mass is 360 g/mol. The smallest absolute Gasteiger partial charge is 0.313 e. The van der Waals surface area contributed by atoms with Crippen molar-refractivity contribution < 1.29 is 22.7 Å². The molecule has 0 fully saturated rings. The van der Waals surface area contributed by atoms with Crippen molar-refractivity contribution in [2.75, 3.05) is 20.3 Å². The van der Waals surface area contributed by atoms with Gasteiger partial charge in [-0.1, -0.05) is 0 Å². The maximum atomic E-state index is 13.1. The molecule has 7 heteroatoms. The highest BCUT2D eigenvalue weighted by Crippen LogP contribution is 2.36. The first-order chi connectivity index (χ1) is 12.6. The number of methoxy groups -OCH3 is 1. The summed E-state index contributed by atoms with van der Waals surface area (Å²) in [7, 11) is 1.56. The van der Waals surface area contributed by atoms with Gasteiger partial charge in [-0.15, -0.1) is 0 Å². The third-order valence-electron chi connectivity index (χ3n) is 3.70. The first kappa shape index (κ1) is 17.9. The van der Waals surface area contributed by atoms with Gasteiger partial charge in [0.15, 0.2) is 5.76 Å². The predicted octanol–water partition coefficient (Wildman–Crippen LogP) is 4.29. The van der Waals surface area contributed by atoms with Gasteiger partial charge < -0.3 is 19.6 Å². The van der Waals surface area contributed by atoms with E-state index in [9.17, 15) is 8.78 Å². The second-order valence-electron chi connectivity index (χ2n) is 5.42. The van der Waals surface area contributed by atoms with Crippen LogP contribution in [0.25, 0.3) is 22.6 Å². The van der Waals surface area contributed by atoms with E-state index in [0.29, 0.717) is 41.5 Å². The minimum atomic E-state index is -2.80. The number of benzene rings is 2. The van der Waals surface area contributed by atoms with Crippen molar-refractivity contribution >= 4 is 0 Å². The van der Waals surface area contributed by atoms with Gasteiger partial charge in [0.05, 0.1) is 7.11 Å². The van der Waals surface area contributed by atoms with Crippen LogP contribution in [0.15, 0.2) is 52.9 Å². The summed E-state index contributed by atoms with van der Waals surface area (Å²) in [6, 6.07) is 13.9. The van der Waals surface area contributed by atoms with Crippen molar-refractivity contribution in [1.82, 2.24) is 4.98 Å². The van der Waals surface area contributed by atoms with Crippen LogP contribution >= 0.6 is 0 Å². The molecular formula is C19H18F2N2O3. The summed E-state index contributed by atoms with van der Waals surface area (Å²) < 4.78 is 42.1. The van der Waals surface area contributed by atoms with Crippen LogP contribution in [-0.2, 0) is 0 Å². The highest BCUT2D eigenvalue weighted by molar-refractivity contribution is 5.77. The quantitative estimate of drug-likeness (QED) is 0.680. The Kier molecular flexibility index (Phi) is 5.48. The number of alkyl halides is 2. The number of nitrogens with zero attached hydrogens (tertiary/aromatic N) is 1. The van der Waals surface area contributed by atoms with Crippen LogP contribution in [0, 0.1) is 0 Å². The van der Waals surface area contributed by atoms with Crippen LogP contribution in [0.2, 0.25) is 0 Å². The molecule has 26 heavy (non-hydrogen) atoms. The fourth-order valence-corrected chi connectivity index (χ4v) is 2.45. The molecule has 2 aromatic carbocycles. The Morgan fingerprint density at radius 3 is 2.19 bits per heavy atom. The van der Waals surface area contributed by atoms with E-state index < -0.39 is 12.3 Å². The van der Waals surface area contributed by atoms with Crippen LogP contribution in [-0.4, -0.2) is 25.2 Å². The first-order valence-electron chi connectivity index (χ1n) is 7.99. The Balaban J connectivity index is 1.99. The summed E-state index contributed by atoms with van der Waals surface area (Å²) in [4.78, 5) is 3.98. The number of hydrogen-bond acceptors (Lipinski definition) is 5. The maximum Gasteiger partial charge on any atom is 0.313 e. The van der Waals surface area contributed by atoms with Crippen molar-refractivity contribution in [2.24, 2.45) is 5.73 Å². The molecular weight excluding hydrogens is 342 g/mol. The zero-order chi connectivity index (χ0) is 18.5. The lowest BCUT2D eigenvalue weighted by Gasteiger charge is -2.06. The van der Waals surface area contributed by atoms with Crippen molar-refractivity contribution in [3.63, 3.8) is 0 Å². The lowest BCUT2D eigenvalue weighted by atomic mass is 10.1. The molecule has 0 saturated heterocycles. The van der Waals surface area contributed by atoms with Crippen molar-refractivity contribution in [2.45, 2.75) is 6.43 Å². The van der Waals surface area contributed by atoms with E-state index in [0.717, 1.165) is 0 Å². The minimum Gasteiger partial charge on any atom is -0.497 e. The molecule has 1 heterocycles. The van der Waals surface area contributed by atoms with Gasteiger partial charge >= 0.3 is 6.43 Å². The Morgan fingerprint density at radius 1 is 1.00 bits per heavy atom. The standard InChI is InChI=1S/C19H18F2N2O3/c1-24-14-6-2-12(3-7-14)16-17(26-19(23-16)18(20)21)13-4-8-15(9-5-13)25-11-10-22/h2-9,18H,10-11,22H2,1H3. The molecule has 3 aromatic rings. The highest BCUT2D eigenvalue weighted by atomic mass is 19.3. The number of nitrogens with two attached hydrogens (primary N) is 1. The lowest BCUT2D eigenvalue weighted by Crippen LogP contribution is -2.10. The molecule has 0 aliphatic carbocycles. The van der Waals surface area contributed by atoms with E-state index in [2.05, 4.69) is 4.98 Å². The number of oxazole rings is 1. The second-order valence-corrected chi connectivity index (χ2v) is 5.42. The first-order valence-corrected chi connectivity index (χ1v) is 7.99. The molecule has 0 unspecified atom stereocenters. The van der Waals surface area contributed by atoms with E-state index >= 15 is 0 Å². The molecule has 0 atom stereocenters. The third kappa shape index (κ3) is 3.83. The number of aromatic nitrogens is 1. The molecule has 0 bridgehead atoms. The summed E-state index contributed by atoms with van der Waals surface area (Å²) in [5.74, 6) is 0.957. The Hall–Kier alpha value is -2.93. The fourth-order valence-electron chi connectivity index (χ4n) is 2.45. The molecule has 0 aliphatic rings. The normalized spacial score (nSPS) is 11.0. The Labute approximate surface area is 149 Å². The van der Waals surface area contributed by atoms with E-state index in [1.807, 2.05) is 0 Å². The maximum absolute atomic E-state index is 13.1. The van der Waals surface area contributed by atoms with Gasteiger partial charge in [-0.2, -0.15) is 8.78 Å². The minimum absolute atomic E-state index is 0.274. The van der Waals surface area contributed by atoms with E-state index in [1.165, 1.54) is 0 Å². The van der Waals surface area contributed by atoms with Gasteiger partial charge in [-0.3, -0.25) is 0 Å². The number of rotatable bonds is 7. The molecule has 0 spiro atoms. The topological polar surface area (TPSA) is 70.5 Å². The van der Waals surface area contributed by atoms with Crippen molar-refractivity contribution in [3.8, 4) is 34.1 Å². The summed E-state index contributed by atoms with van der Waals surface area (Å²) >= 11 is 0. The number of hydrogen-bond donors (Lipinski definition) is 1. The van der Waals surface area contributed by atoms with E-state index in [1.54, 1.807) is 55.6 Å². The van der Waals surface area contributed by atoms with Crippen LogP contribution in [0.4, 0.5) is 8.78 Å². The van der Waals surface area contributed by atoms with Gasteiger partial charge in [0, 0.05) is 17.7 Å². The molecule has 0 saturated carbocycles. The second kappa shape index (κ2) is 7.97. The Bertz CT molecular complexity index is 846. The number of ether oxygens (including phenoxy) is 2. The Morgan fingerprint density at radius 2 is 1.62 bits per heavy atom. The van der Waals surface area contributed by atoms with Crippen molar-refractivity contribution in [3.05, 3.63) is 54.4 Å². The van der Waals surface area contributed by atoms with Gasteiger partial charge in [-0.05, 0) is 48.5 Å². The van der Waals surface area contributed by atoms with Crippen LogP contribution in [0.1, 0.15) is 12.3 Å². The molecule has 3 rings (SSSR count). The lowest BCUT2D eigenvalue weighted by molar-refractivity contribution is 0.116. The van der Waals surface area contributed by atoms with Gasteiger partial charge in [-0.25, -0.2) is 4.98 Å². The van der Waals surface area contributed by atoms with Crippen LogP contribution in [0.5, 0.6) is 11.5 Å². The van der Waals surface area contributed by atoms with E-state index in [4.69, 9.17) is 19.6 Å². The molecule has 0 radical (unpaired) electrons. The zero-order valence-electron chi connectivity index (χ0n) is 14.1. The molecule has 0 amide bonds. The van der Waals surface area contributed by atoms with Gasteiger partial charge in [0.25, 0.3) is 5.89 Å². The number of halogens is 2. The van der Waals surface area contributed by atoms with Gasteiger partial charge in [0.2, 0.25) is 0 Å².